The second-order valence-electron chi connectivity index (χ2n) is 6.10. The van der Waals surface area contributed by atoms with E-state index in [4.69, 9.17) is 11.0 Å². The first-order valence-corrected chi connectivity index (χ1v) is 8.90. The molecule has 0 unspecified atom stereocenters. The van der Waals surface area contributed by atoms with Gasteiger partial charge in [-0.2, -0.15) is 5.26 Å². The molecule has 1 aromatic carbocycles. The number of Topliss-reactive ketones (excluding diaryl/α,β-unsaturated/α-hetero) is 1. The van der Waals surface area contributed by atoms with Crippen molar-refractivity contribution >= 4 is 28.6 Å². The Morgan fingerprint density at radius 1 is 1.42 bits per heavy atom. The van der Waals surface area contributed by atoms with Crippen LogP contribution in [-0.2, 0) is 11.3 Å². The van der Waals surface area contributed by atoms with E-state index in [1.165, 1.54) is 11.8 Å². The highest BCUT2D eigenvalue weighted by Gasteiger charge is 2.16. The molecular formula is C18H22N4OS. The Morgan fingerprint density at radius 2 is 2.12 bits per heavy atom. The number of hydrogen-bond donors (Lipinski definition) is 1. The number of para-hydroxylation sites is 2. The fraction of sp³-hybridized carbons (Fsp3) is 0.389. The molecule has 0 aliphatic rings. The lowest BCUT2D eigenvalue weighted by Gasteiger charge is -2.10. The summed E-state index contributed by atoms with van der Waals surface area (Å²) in [5.74, 6) is 0.478. The van der Waals surface area contributed by atoms with Gasteiger partial charge in [0.25, 0.3) is 0 Å². The van der Waals surface area contributed by atoms with E-state index in [1.807, 2.05) is 30.3 Å². The van der Waals surface area contributed by atoms with Gasteiger partial charge in [0, 0.05) is 12.2 Å². The molecule has 0 amide bonds. The van der Waals surface area contributed by atoms with Gasteiger partial charge in [-0.1, -0.05) is 37.7 Å². The number of aromatic nitrogens is 2. The van der Waals surface area contributed by atoms with Gasteiger partial charge in [0.05, 0.1) is 16.8 Å². The van der Waals surface area contributed by atoms with Crippen molar-refractivity contribution < 1.29 is 4.79 Å². The van der Waals surface area contributed by atoms with Crippen LogP contribution < -0.4 is 5.73 Å². The van der Waals surface area contributed by atoms with Crippen molar-refractivity contribution in [1.29, 1.82) is 5.26 Å². The molecule has 0 saturated heterocycles. The van der Waals surface area contributed by atoms with Crippen LogP contribution in [0, 0.1) is 17.2 Å². The highest BCUT2D eigenvalue weighted by atomic mass is 32.2. The number of aryl methyl sites for hydroxylation is 1. The molecule has 24 heavy (non-hydrogen) atoms. The SMILES string of the molecule is CC(N)=C(C#N)C(=O)CSc1nc2ccccc2n1CCC(C)C. The normalized spacial score (nSPS) is 12.3. The Bertz CT molecular complexity index is 810. The van der Waals surface area contributed by atoms with Crippen LogP contribution >= 0.6 is 11.8 Å². The molecule has 0 saturated carbocycles. The molecule has 0 atom stereocenters. The molecule has 0 radical (unpaired) electrons. The fourth-order valence-corrected chi connectivity index (χ4v) is 3.25. The van der Waals surface area contributed by atoms with Crippen LogP contribution in [0.1, 0.15) is 27.2 Å². The smallest absolute Gasteiger partial charge is 0.185 e. The molecule has 2 N–H and O–H groups in total. The van der Waals surface area contributed by atoms with Crippen LogP contribution in [0.5, 0.6) is 0 Å². The first-order chi connectivity index (χ1) is 11.4. The van der Waals surface area contributed by atoms with Crippen molar-refractivity contribution in [3.05, 3.63) is 35.5 Å². The highest BCUT2D eigenvalue weighted by Crippen LogP contribution is 2.25. The number of benzene rings is 1. The first-order valence-electron chi connectivity index (χ1n) is 7.91. The lowest BCUT2D eigenvalue weighted by Crippen LogP contribution is -2.11. The number of rotatable bonds is 7. The molecule has 2 aromatic rings. The largest absolute Gasteiger partial charge is 0.401 e. The third kappa shape index (κ3) is 4.18. The van der Waals surface area contributed by atoms with Crippen molar-refractivity contribution in [2.45, 2.75) is 38.9 Å². The van der Waals surface area contributed by atoms with Crippen molar-refractivity contribution in [3.8, 4) is 6.07 Å². The van der Waals surface area contributed by atoms with E-state index in [1.54, 1.807) is 6.92 Å². The number of allylic oxidation sites excluding steroid dienone is 2. The second-order valence-corrected chi connectivity index (χ2v) is 7.04. The zero-order valence-corrected chi connectivity index (χ0v) is 15.1. The zero-order chi connectivity index (χ0) is 17.7. The number of nitriles is 1. The van der Waals surface area contributed by atoms with E-state index in [0.717, 1.165) is 29.2 Å². The average molecular weight is 342 g/mol. The lowest BCUT2D eigenvalue weighted by molar-refractivity contribution is -0.112. The van der Waals surface area contributed by atoms with Gasteiger partial charge in [-0.05, 0) is 31.4 Å². The molecule has 0 aliphatic carbocycles. The Kier molecular flexibility index (Phi) is 6.04. The number of carbonyl (C=O) groups excluding carboxylic acids is 1. The maximum Gasteiger partial charge on any atom is 0.185 e. The topological polar surface area (TPSA) is 84.7 Å². The Labute approximate surface area is 146 Å². The maximum absolute atomic E-state index is 12.2. The lowest BCUT2D eigenvalue weighted by atomic mass is 10.1. The summed E-state index contributed by atoms with van der Waals surface area (Å²) in [6.07, 6.45) is 1.03. The number of nitrogens with zero attached hydrogens (tertiary/aromatic N) is 3. The van der Waals surface area contributed by atoms with Crippen LogP contribution in [0.3, 0.4) is 0 Å². The molecule has 0 spiro atoms. The number of thioether (sulfide) groups is 1. The van der Waals surface area contributed by atoms with E-state index in [2.05, 4.69) is 23.4 Å². The van der Waals surface area contributed by atoms with E-state index in [-0.39, 0.29) is 22.8 Å². The molecule has 0 bridgehead atoms. The first kappa shape index (κ1) is 18.1. The summed E-state index contributed by atoms with van der Waals surface area (Å²) in [4.78, 5) is 16.8. The monoisotopic (exact) mass is 342 g/mol. The number of hydrogen-bond acceptors (Lipinski definition) is 5. The van der Waals surface area contributed by atoms with Gasteiger partial charge < -0.3 is 10.3 Å². The van der Waals surface area contributed by atoms with Gasteiger partial charge in [0.15, 0.2) is 10.9 Å². The molecular weight excluding hydrogens is 320 g/mol. The Balaban J connectivity index is 2.25. The van der Waals surface area contributed by atoms with Crippen LogP contribution in [0.25, 0.3) is 11.0 Å². The minimum Gasteiger partial charge on any atom is -0.401 e. The molecule has 1 aromatic heterocycles. The van der Waals surface area contributed by atoms with Crippen LogP contribution in [0.15, 0.2) is 40.7 Å². The van der Waals surface area contributed by atoms with Gasteiger partial charge in [-0.15, -0.1) is 0 Å². The minimum absolute atomic E-state index is 0.0346. The average Bonchev–Trinajstić information content (AvgIpc) is 2.88. The maximum atomic E-state index is 12.2. The quantitative estimate of drug-likeness (QED) is 0.473. The van der Waals surface area contributed by atoms with Gasteiger partial charge in [-0.3, -0.25) is 4.79 Å². The van der Waals surface area contributed by atoms with Crippen molar-refractivity contribution in [3.63, 3.8) is 0 Å². The van der Waals surface area contributed by atoms with Crippen molar-refractivity contribution in [2.75, 3.05) is 5.75 Å². The number of imidazole rings is 1. The standard InChI is InChI=1S/C18H22N4OS/c1-12(2)8-9-22-16-7-5-4-6-15(16)21-18(22)24-11-17(23)14(10-19)13(3)20/h4-7,12H,8-9,11,20H2,1-3H3. The van der Waals surface area contributed by atoms with Crippen LogP contribution in [-0.4, -0.2) is 21.1 Å². The third-order valence-corrected chi connectivity index (χ3v) is 4.64. The van der Waals surface area contributed by atoms with Crippen molar-refractivity contribution in [1.82, 2.24) is 9.55 Å². The second kappa shape index (κ2) is 8.02. The van der Waals surface area contributed by atoms with Gasteiger partial charge in [0.2, 0.25) is 0 Å². The summed E-state index contributed by atoms with van der Waals surface area (Å²) in [6, 6.07) is 9.84. The molecule has 6 heteroatoms. The Hall–Kier alpha value is -2.26. The number of fused-ring (bicyclic) bond motifs is 1. The van der Waals surface area contributed by atoms with Crippen molar-refractivity contribution in [2.24, 2.45) is 11.7 Å². The fourth-order valence-electron chi connectivity index (χ4n) is 2.34. The Morgan fingerprint density at radius 3 is 2.75 bits per heavy atom. The number of ketones is 1. The summed E-state index contributed by atoms with van der Waals surface area (Å²) >= 11 is 1.36. The summed E-state index contributed by atoms with van der Waals surface area (Å²) in [6.45, 7) is 6.79. The van der Waals surface area contributed by atoms with Crippen LogP contribution in [0.2, 0.25) is 0 Å². The molecule has 0 fully saturated rings. The zero-order valence-electron chi connectivity index (χ0n) is 14.2. The van der Waals surface area contributed by atoms with Gasteiger partial charge >= 0.3 is 0 Å². The number of nitrogens with two attached hydrogens (primary N) is 1. The van der Waals surface area contributed by atoms with Crippen LogP contribution in [0.4, 0.5) is 0 Å². The predicted molar refractivity (Wildman–Crippen MR) is 97.4 cm³/mol. The molecule has 5 nitrogen and oxygen atoms in total. The molecule has 2 rings (SSSR count). The summed E-state index contributed by atoms with van der Waals surface area (Å²) in [5.41, 5.74) is 7.88. The summed E-state index contributed by atoms with van der Waals surface area (Å²) in [7, 11) is 0. The van der Waals surface area contributed by atoms with E-state index in [0.29, 0.717) is 5.92 Å². The number of carbonyl (C=O) groups is 1. The van der Waals surface area contributed by atoms with Gasteiger partial charge in [-0.25, -0.2) is 4.98 Å². The summed E-state index contributed by atoms with van der Waals surface area (Å²) in [5, 5.41) is 9.84. The molecule has 0 aliphatic heterocycles. The van der Waals surface area contributed by atoms with E-state index < -0.39 is 0 Å². The predicted octanol–water partition coefficient (Wildman–Crippen LogP) is 3.50. The van der Waals surface area contributed by atoms with E-state index in [9.17, 15) is 4.79 Å². The molecule has 126 valence electrons. The minimum atomic E-state index is -0.259. The molecule has 1 heterocycles. The summed E-state index contributed by atoms with van der Waals surface area (Å²) < 4.78 is 2.15. The van der Waals surface area contributed by atoms with Gasteiger partial charge in [0.1, 0.15) is 11.6 Å². The third-order valence-electron chi connectivity index (χ3n) is 3.67. The highest BCUT2D eigenvalue weighted by molar-refractivity contribution is 7.99. The van der Waals surface area contributed by atoms with E-state index >= 15 is 0 Å².